The highest BCUT2D eigenvalue weighted by Crippen LogP contribution is 2.05. The van der Waals surface area contributed by atoms with Gasteiger partial charge in [-0.3, -0.25) is 4.79 Å². The van der Waals surface area contributed by atoms with Crippen molar-refractivity contribution < 1.29 is 4.79 Å². The average Bonchev–Trinajstić information content (AvgIpc) is 2.25. The third kappa shape index (κ3) is 4.45. The van der Waals surface area contributed by atoms with Crippen LogP contribution < -0.4 is 11.1 Å². The first-order valence-electron chi connectivity index (χ1n) is 5.69. The van der Waals surface area contributed by atoms with Crippen molar-refractivity contribution in [2.45, 2.75) is 38.8 Å². The number of carbonyl (C=O) groups is 1. The zero-order valence-electron chi connectivity index (χ0n) is 9.94. The summed E-state index contributed by atoms with van der Waals surface area (Å²) >= 11 is 0. The fraction of sp³-hybridized carbons (Fsp3) is 0.462. The van der Waals surface area contributed by atoms with Crippen LogP contribution in [0.15, 0.2) is 30.3 Å². The number of amides is 1. The number of benzene rings is 1. The molecule has 0 heterocycles. The van der Waals surface area contributed by atoms with E-state index in [1.807, 2.05) is 32.0 Å². The maximum Gasteiger partial charge on any atom is 0.234 e. The molecule has 1 aromatic carbocycles. The Labute approximate surface area is 97.0 Å². The van der Waals surface area contributed by atoms with Crippen molar-refractivity contribution >= 4 is 5.91 Å². The van der Waals surface area contributed by atoms with E-state index in [1.54, 1.807) is 0 Å². The number of carbonyl (C=O) groups excluding carboxylic acids is 1. The van der Waals surface area contributed by atoms with Gasteiger partial charge >= 0.3 is 0 Å². The summed E-state index contributed by atoms with van der Waals surface area (Å²) in [5, 5.41) is 3.17. The van der Waals surface area contributed by atoms with Crippen LogP contribution in [-0.4, -0.2) is 18.0 Å². The topological polar surface area (TPSA) is 55.1 Å². The third-order valence-electron chi connectivity index (χ3n) is 2.44. The Morgan fingerprint density at radius 1 is 1.31 bits per heavy atom. The molecule has 0 aliphatic carbocycles. The molecule has 1 aromatic rings. The predicted octanol–water partition coefficient (Wildman–Crippen LogP) is 1.47. The molecule has 88 valence electrons. The Morgan fingerprint density at radius 2 is 1.94 bits per heavy atom. The maximum atomic E-state index is 11.2. The van der Waals surface area contributed by atoms with E-state index < -0.39 is 0 Å². The summed E-state index contributed by atoms with van der Waals surface area (Å²) in [4.78, 5) is 11.2. The Bertz CT molecular complexity index is 322. The molecule has 1 atom stereocenters. The zero-order valence-corrected chi connectivity index (χ0v) is 9.94. The van der Waals surface area contributed by atoms with Gasteiger partial charge in [0.15, 0.2) is 0 Å². The molecular weight excluding hydrogens is 200 g/mol. The molecule has 0 aromatic heterocycles. The van der Waals surface area contributed by atoms with Crippen molar-refractivity contribution in [3.05, 3.63) is 35.9 Å². The van der Waals surface area contributed by atoms with Gasteiger partial charge in [-0.1, -0.05) is 44.2 Å². The van der Waals surface area contributed by atoms with Gasteiger partial charge in [0.1, 0.15) is 0 Å². The van der Waals surface area contributed by atoms with Crippen LogP contribution in [0.4, 0.5) is 0 Å². The minimum atomic E-state index is -0.273. The molecule has 3 N–H and O–H groups in total. The third-order valence-corrected chi connectivity index (χ3v) is 2.44. The second-order valence-electron chi connectivity index (χ2n) is 4.30. The second-order valence-corrected chi connectivity index (χ2v) is 4.30. The number of rotatable bonds is 6. The molecule has 16 heavy (non-hydrogen) atoms. The molecule has 1 rings (SSSR count). The normalized spacial score (nSPS) is 12.7. The number of nitrogens with two attached hydrogens (primary N) is 1. The molecule has 0 aliphatic rings. The summed E-state index contributed by atoms with van der Waals surface area (Å²) < 4.78 is 0. The first-order chi connectivity index (χ1) is 7.59. The standard InChI is InChI=1S/C13H20N2O/c1-10(2)15-12(13(14)16)9-8-11-6-4-3-5-7-11/h3-7,10,12,15H,8-9H2,1-2H3,(H2,14,16). The predicted molar refractivity (Wildman–Crippen MR) is 66.0 cm³/mol. The van der Waals surface area contributed by atoms with E-state index in [9.17, 15) is 4.79 Å². The molecule has 0 saturated heterocycles. The van der Waals surface area contributed by atoms with Crippen molar-refractivity contribution in [3.63, 3.8) is 0 Å². The molecule has 0 bridgehead atoms. The minimum absolute atomic E-state index is 0.236. The zero-order chi connectivity index (χ0) is 12.0. The Balaban J connectivity index is 2.47. The number of primary amides is 1. The van der Waals surface area contributed by atoms with Crippen LogP contribution in [0.3, 0.4) is 0 Å². The van der Waals surface area contributed by atoms with Crippen LogP contribution in [0.1, 0.15) is 25.8 Å². The monoisotopic (exact) mass is 220 g/mol. The van der Waals surface area contributed by atoms with Crippen LogP contribution >= 0.6 is 0 Å². The first-order valence-corrected chi connectivity index (χ1v) is 5.69. The van der Waals surface area contributed by atoms with E-state index in [2.05, 4.69) is 17.4 Å². The summed E-state index contributed by atoms with van der Waals surface area (Å²) in [5.74, 6) is -0.273. The molecule has 0 aliphatic heterocycles. The van der Waals surface area contributed by atoms with E-state index in [1.165, 1.54) is 5.56 Å². The lowest BCUT2D eigenvalue weighted by Gasteiger charge is -2.17. The summed E-state index contributed by atoms with van der Waals surface area (Å²) in [7, 11) is 0. The lowest BCUT2D eigenvalue weighted by atomic mass is 10.0. The molecule has 0 spiro atoms. The maximum absolute atomic E-state index is 11.2. The number of nitrogens with one attached hydrogen (secondary N) is 1. The van der Waals surface area contributed by atoms with E-state index in [0.29, 0.717) is 0 Å². The van der Waals surface area contributed by atoms with Gasteiger partial charge in [-0.25, -0.2) is 0 Å². The van der Waals surface area contributed by atoms with Crippen LogP contribution in [0, 0.1) is 0 Å². The second kappa shape index (κ2) is 6.28. The average molecular weight is 220 g/mol. The van der Waals surface area contributed by atoms with Gasteiger partial charge in [-0.05, 0) is 18.4 Å². The Kier molecular flexibility index (Phi) is 4.99. The van der Waals surface area contributed by atoms with Crippen molar-refractivity contribution in [1.29, 1.82) is 0 Å². The van der Waals surface area contributed by atoms with Crippen molar-refractivity contribution in [1.82, 2.24) is 5.32 Å². The van der Waals surface area contributed by atoms with Crippen LogP contribution in [0.5, 0.6) is 0 Å². The van der Waals surface area contributed by atoms with Gasteiger partial charge in [-0.15, -0.1) is 0 Å². The lowest BCUT2D eigenvalue weighted by molar-refractivity contribution is -0.120. The molecule has 1 amide bonds. The number of hydrogen-bond acceptors (Lipinski definition) is 2. The van der Waals surface area contributed by atoms with Gasteiger partial charge < -0.3 is 11.1 Å². The van der Waals surface area contributed by atoms with Crippen molar-refractivity contribution in [2.24, 2.45) is 5.73 Å². The molecule has 0 saturated carbocycles. The van der Waals surface area contributed by atoms with Crippen LogP contribution in [0.2, 0.25) is 0 Å². The quantitative estimate of drug-likeness (QED) is 0.762. The van der Waals surface area contributed by atoms with E-state index in [0.717, 1.165) is 12.8 Å². The summed E-state index contributed by atoms with van der Waals surface area (Å²) in [6.45, 7) is 4.02. The largest absolute Gasteiger partial charge is 0.368 e. The smallest absolute Gasteiger partial charge is 0.234 e. The Hall–Kier alpha value is -1.35. The van der Waals surface area contributed by atoms with Gasteiger partial charge in [0, 0.05) is 6.04 Å². The number of hydrogen-bond donors (Lipinski definition) is 2. The van der Waals surface area contributed by atoms with Crippen molar-refractivity contribution in [2.75, 3.05) is 0 Å². The number of aryl methyl sites for hydroxylation is 1. The van der Waals surface area contributed by atoms with Gasteiger partial charge in [0.25, 0.3) is 0 Å². The highest BCUT2D eigenvalue weighted by atomic mass is 16.1. The van der Waals surface area contributed by atoms with E-state index >= 15 is 0 Å². The van der Waals surface area contributed by atoms with Crippen LogP contribution in [0.25, 0.3) is 0 Å². The molecule has 0 fully saturated rings. The summed E-state index contributed by atoms with van der Waals surface area (Å²) in [6.07, 6.45) is 1.62. The van der Waals surface area contributed by atoms with E-state index in [4.69, 9.17) is 5.73 Å². The molecule has 3 heteroatoms. The summed E-state index contributed by atoms with van der Waals surface area (Å²) in [6, 6.07) is 10.2. The van der Waals surface area contributed by atoms with Crippen molar-refractivity contribution in [3.8, 4) is 0 Å². The van der Waals surface area contributed by atoms with E-state index in [-0.39, 0.29) is 18.0 Å². The summed E-state index contributed by atoms with van der Waals surface area (Å²) in [5.41, 5.74) is 6.58. The SMILES string of the molecule is CC(C)NC(CCc1ccccc1)C(N)=O. The molecule has 1 unspecified atom stereocenters. The Morgan fingerprint density at radius 3 is 2.44 bits per heavy atom. The lowest BCUT2D eigenvalue weighted by Crippen LogP contribution is -2.44. The van der Waals surface area contributed by atoms with Gasteiger partial charge in [-0.2, -0.15) is 0 Å². The first kappa shape index (κ1) is 12.7. The highest BCUT2D eigenvalue weighted by molar-refractivity contribution is 5.79. The van der Waals surface area contributed by atoms with Gasteiger partial charge in [0.05, 0.1) is 6.04 Å². The fourth-order valence-corrected chi connectivity index (χ4v) is 1.67. The molecule has 3 nitrogen and oxygen atoms in total. The highest BCUT2D eigenvalue weighted by Gasteiger charge is 2.15. The minimum Gasteiger partial charge on any atom is -0.368 e. The fourth-order valence-electron chi connectivity index (χ4n) is 1.67. The van der Waals surface area contributed by atoms with Crippen LogP contribution in [-0.2, 0) is 11.2 Å². The van der Waals surface area contributed by atoms with Gasteiger partial charge in [0.2, 0.25) is 5.91 Å². The molecule has 0 radical (unpaired) electrons. The molecular formula is C13H20N2O.